The number of anilines is 2. The molecule has 0 saturated carbocycles. The monoisotopic (exact) mass is 480 g/mol. The van der Waals surface area contributed by atoms with Gasteiger partial charge in [-0.1, -0.05) is 71.8 Å². The first-order valence-corrected chi connectivity index (χ1v) is 12.5. The maximum absolute atomic E-state index is 5.67. The zero-order valence-corrected chi connectivity index (χ0v) is 21.7. The fourth-order valence-electron chi connectivity index (χ4n) is 4.21. The molecule has 0 aromatic heterocycles. The topological polar surface area (TPSA) is 42.5 Å². The zero-order valence-electron chi connectivity index (χ0n) is 21.7. The molecule has 4 rings (SSSR count). The summed E-state index contributed by atoms with van der Waals surface area (Å²) in [5.74, 6) is 1.61. The first-order valence-electron chi connectivity index (χ1n) is 12.5. The Hall–Kier alpha value is -3.92. The maximum Gasteiger partial charge on any atom is 0.144 e. The predicted molar refractivity (Wildman–Crippen MR) is 150 cm³/mol. The van der Waals surface area contributed by atoms with Crippen LogP contribution in [-0.2, 0) is 25.7 Å². The molecule has 4 aromatic carbocycles. The van der Waals surface area contributed by atoms with Crippen molar-refractivity contribution in [3.8, 4) is 11.5 Å². The molecule has 0 fully saturated rings. The molecule has 0 spiro atoms. The molecule has 0 aliphatic carbocycles. The molecule has 0 bridgehead atoms. The van der Waals surface area contributed by atoms with Gasteiger partial charge in [0.05, 0.1) is 25.6 Å². The summed E-state index contributed by atoms with van der Waals surface area (Å²) >= 11 is 0. The van der Waals surface area contributed by atoms with Gasteiger partial charge >= 0.3 is 0 Å². The lowest BCUT2D eigenvalue weighted by atomic mass is 10.0. The van der Waals surface area contributed by atoms with E-state index in [0.29, 0.717) is 0 Å². The molecule has 4 nitrogen and oxygen atoms in total. The molecule has 0 radical (unpaired) electrons. The average Bonchev–Trinajstić information content (AvgIpc) is 2.91. The zero-order chi connectivity index (χ0) is 25.3. The molecule has 0 heterocycles. The second kappa shape index (κ2) is 12.2. The van der Waals surface area contributed by atoms with E-state index in [2.05, 4.69) is 110 Å². The summed E-state index contributed by atoms with van der Waals surface area (Å²) in [5, 5.41) is 0. The average molecular weight is 481 g/mol. The molecule has 36 heavy (non-hydrogen) atoms. The fraction of sp³-hybridized carbons (Fsp3) is 0.250. The number of hydrogen-bond donors (Lipinski definition) is 2. The number of hydrogen-bond acceptors (Lipinski definition) is 4. The summed E-state index contributed by atoms with van der Waals surface area (Å²) in [6, 6.07) is 30.1. The Bertz CT molecular complexity index is 1160. The summed E-state index contributed by atoms with van der Waals surface area (Å²) in [4.78, 5) is 0. The third-order valence-electron chi connectivity index (χ3n) is 6.51. The summed E-state index contributed by atoms with van der Waals surface area (Å²) in [5.41, 5.74) is 16.1. The summed E-state index contributed by atoms with van der Waals surface area (Å²) in [6.45, 7) is 4.23. The van der Waals surface area contributed by atoms with Crippen molar-refractivity contribution in [3.05, 3.63) is 118 Å². The van der Waals surface area contributed by atoms with Crippen molar-refractivity contribution >= 4 is 11.4 Å². The van der Waals surface area contributed by atoms with Crippen molar-refractivity contribution in [1.29, 1.82) is 0 Å². The molecular formula is C32H36N2O2. The highest BCUT2D eigenvalue weighted by atomic mass is 16.5. The van der Waals surface area contributed by atoms with Gasteiger partial charge in [0.15, 0.2) is 0 Å². The lowest BCUT2D eigenvalue weighted by Crippen LogP contribution is -2.11. The predicted octanol–water partition coefficient (Wildman–Crippen LogP) is 7.33. The van der Waals surface area contributed by atoms with Crippen molar-refractivity contribution in [3.63, 3.8) is 0 Å². The minimum absolute atomic E-state index is 0.803. The van der Waals surface area contributed by atoms with Crippen molar-refractivity contribution in [2.75, 3.05) is 25.1 Å². The van der Waals surface area contributed by atoms with Crippen LogP contribution in [0.15, 0.2) is 84.9 Å². The molecule has 0 amide bonds. The van der Waals surface area contributed by atoms with E-state index >= 15 is 0 Å². The Kier molecular flexibility index (Phi) is 8.51. The van der Waals surface area contributed by atoms with Gasteiger partial charge < -0.3 is 9.47 Å². The third-order valence-corrected chi connectivity index (χ3v) is 6.51. The Labute approximate surface area is 215 Å². The Morgan fingerprint density at radius 1 is 0.472 bits per heavy atom. The Morgan fingerprint density at radius 2 is 0.806 bits per heavy atom. The van der Waals surface area contributed by atoms with E-state index in [9.17, 15) is 0 Å². The molecule has 2 N–H and O–H groups in total. The number of aryl methyl sites for hydroxylation is 6. The van der Waals surface area contributed by atoms with Crippen LogP contribution in [0.4, 0.5) is 11.4 Å². The van der Waals surface area contributed by atoms with Crippen molar-refractivity contribution in [2.45, 2.75) is 39.5 Å². The smallest absolute Gasteiger partial charge is 0.144 e. The van der Waals surface area contributed by atoms with E-state index in [4.69, 9.17) is 9.47 Å². The van der Waals surface area contributed by atoms with Crippen LogP contribution >= 0.6 is 0 Å². The normalized spacial score (nSPS) is 10.7. The van der Waals surface area contributed by atoms with Crippen LogP contribution in [0, 0.1) is 13.8 Å². The number of hydrazine groups is 1. The second-order valence-electron chi connectivity index (χ2n) is 9.29. The van der Waals surface area contributed by atoms with Crippen LogP contribution in [0.3, 0.4) is 0 Å². The van der Waals surface area contributed by atoms with Crippen LogP contribution in [0.5, 0.6) is 11.5 Å². The summed E-state index contributed by atoms with van der Waals surface area (Å²) in [7, 11) is 3.40. The van der Waals surface area contributed by atoms with E-state index in [0.717, 1.165) is 48.6 Å². The Balaban J connectivity index is 1.36. The second-order valence-corrected chi connectivity index (χ2v) is 9.29. The van der Waals surface area contributed by atoms with Gasteiger partial charge in [-0.05, 0) is 86.1 Å². The Morgan fingerprint density at radius 3 is 1.17 bits per heavy atom. The van der Waals surface area contributed by atoms with Gasteiger partial charge in [0.1, 0.15) is 11.5 Å². The number of methoxy groups -OCH3 is 2. The third kappa shape index (κ3) is 6.82. The van der Waals surface area contributed by atoms with E-state index in [-0.39, 0.29) is 0 Å². The molecule has 0 aliphatic rings. The number of nitrogens with one attached hydrogen (secondary N) is 2. The van der Waals surface area contributed by atoms with Gasteiger partial charge in [0.2, 0.25) is 0 Å². The standard InChI is InChI=1S/C32H36N2O2/c1-23-5-9-25(10-6-23)13-15-27-17-19-29(31(21-27)35-3)33-34-30-20-18-28(22-32(30)36-4)16-14-26-11-7-24(2)8-12-26/h5-12,17-22,33-34H,13-16H2,1-4H3. The van der Waals surface area contributed by atoms with E-state index in [1.807, 2.05) is 0 Å². The molecule has 0 saturated heterocycles. The molecule has 186 valence electrons. The number of benzene rings is 4. The molecule has 4 heteroatoms. The van der Waals surface area contributed by atoms with Crippen molar-refractivity contribution in [1.82, 2.24) is 0 Å². The molecule has 0 atom stereocenters. The lowest BCUT2D eigenvalue weighted by Gasteiger charge is -2.17. The lowest BCUT2D eigenvalue weighted by molar-refractivity contribution is 0.415. The number of rotatable bonds is 11. The van der Waals surface area contributed by atoms with Gasteiger partial charge in [-0.3, -0.25) is 10.9 Å². The molecular weight excluding hydrogens is 444 g/mol. The molecule has 0 aliphatic heterocycles. The van der Waals surface area contributed by atoms with Crippen LogP contribution in [0.25, 0.3) is 0 Å². The fourth-order valence-corrected chi connectivity index (χ4v) is 4.21. The van der Waals surface area contributed by atoms with Crippen LogP contribution in [0.1, 0.15) is 33.4 Å². The largest absolute Gasteiger partial charge is 0.495 e. The van der Waals surface area contributed by atoms with Gasteiger partial charge in [0, 0.05) is 0 Å². The highest BCUT2D eigenvalue weighted by Crippen LogP contribution is 2.30. The highest BCUT2D eigenvalue weighted by molar-refractivity contribution is 5.65. The minimum atomic E-state index is 0.803. The van der Waals surface area contributed by atoms with Gasteiger partial charge in [0.25, 0.3) is 0 Å². The van der Waals surface area contributed by atoms with Gasteiger partial charge in [-0.2, -0.15) is 0 Å². The molecule has 0 unspecified atom stereocenters. The van der Waals surface area contributed by atoms with E-state index in [1.165, 1.54) is 33.4 Å². The summed E-state index contributed by atoms with van der Waals surface area (Å²) < 4.78 is 11.3. The van der Waals surface area contributed by atoms with E-state index in [1.54, 1.807) is 14.2 Å². The molecule has 4 aromatic rings. The van der Waals surface area contributed by atoms with Crippen molar-refractivity contribution in [2.24, 2.45) is 0 Å². The first kappa shape index (κ1) is 25.2. The van der Waals surface area contributed by atoms with Crippen LogP contribution in [0.2, 0.25) is 0 Å². The van der Waals surface area contributed by atoms with Crippen LogP contribution < -0.4 is 20.3 Å². The number of ether oxygens (including phenoxy) is 2. The minimum Gasteiger partial charge on any atom is -0.495 e. The first-order chi connectivity index (χ1) is 17.5. The summed E-state index contributed by atoms with van der Waals surface area (Å²) in [6.07, 6.45) is 3.93. The maximum atomic E-state index is 5.67. The van der Waals surface area contributed by atoms with Gasteiger partial charge in [-0.25, -0.2) is 0 Å². The highest BCUT2D eigenvalue weighted by Gasteiger charge is 2.08. The van der Waals surface area contributed by atoms with Crippen LogP contribution in [-0.4, -0.2) is 14.2 Å². The van der Waals surface area contributed by atoms with Crippen molar-refractivity contribution < 1.29 is 9.47 Å². The van der Waals surface area contributed by atoms with E-state index < -0.39 is 0 Å². The van der Waals surface area contributed by atoms with Gasteiger partial charge in [-0.15, -0.1) is 0 Å². The quantitative estimate of drug-likeness (QED) is 0.221. The SMILES string of the molecule is COc1cc(CCc2ccc(C)cc2)ccc1NNc1ccc(CCc2ccc(C)cc2)cc1OC.